The molecule has 0 unspecified atom stereocenters. The largest absolute Gasteiger partial charge is 0.482 e. The summed E-state index contributed by atoms with van der Waals surface area (Å²) in [7, 11) is 3.26. The summed E-state index contributed by atoms with van der Waals surface area (Å²) in [5.74, 6) is 0.180. The Morgan fingerprint density at radius 3 is 2.69 bits per heavy atom. The molecule has 0 aliphatic carbocycles. The summed E-state index contributed by atoms with van der Waals surface area (Å²) >= 11 is 5.79. The smallest absolute Gasteiger partial charge is 0.362 e. The van der Waals surface area contributed by atoms with Crippen LogP contribution in [0.2, 0.25) is 5.02 Å². The summed E-state index contributed by atoms with van der Waals surface area (Å²) in [6, 6.07) is 5.20. The molecule has 88 valence electrons. The van der Waals surface area contributed by atoms with E-state index in [9.17, 15) is 4.79 Å². The van der Waals surface area contributed by atoms with E-state index in [0.29, 0.717) is 10.8 Å². The van der Waals surface area contributed by atoms with E-state index in [4.69, 9.17) is 21.2 Å². The first-order valence-electron chi connectivity index (χ1n) is 4.76. The van der Waals surface area contributed by atoms with Crippen LogP contribution in [-0.4, -0.2) is 31.7 Å². The van der Waals surface area contributed by atoms with E-state index >= 15 is 0 Å². The van der Waals surface area contributed by atoms with Gasteiger partial charge in [0.15, 0.2) is 6.61 Å². The van der Waals surface area contributed by atoms with Crippen molar-refractivity contribution in [2.24, 2.45) is 0 Å². The van der Waals surface area contributed by atoms with E-state index in [0.717, 1.165) is 5.56 Å². The number of hydrogen-bond donors (Lipinski definition) is 0. The maximum Gasteiger partial charge on any atom is 0.362 e. The highest BCUT2D eigenvalue weighted by molar-refractivity contribution is 6.30. The molecular weight excluding hydrogens is 230 g/mol. The van der Waals surface area contributed by atoms with Crippen LogP contribution in [0.25, 0.3) is 0 Å². The Kier molecular flexibility index (Phi) is 4.58. The van der Waals surface area contributed by atoms with Gasteiger partial charge in [-0.15, -0.1) is 5.06 Å². The van der Waals surface area contributed by atoms with Gasteiger partial charge in [-0.2, -0.15) is 0 Å². The molecule has 1 rings (SSSR count). The molecule has 0 aliphatic heterocycles. The molecule has 0 radical (unpaired) electrons. The minimum atomic E-state index is -0.445. The number of carbonyl (C=O) groups is 1. The highest BCUT2D eigenvalue weighted by Crippen LogP contribution is 2.21. The molecule has 0 saturated heterocycles. The predicted octanol–water partition coefficient (Wildman–Crippen LogP) is 2.05. The summed E-state index contributed by atoms with van der Waals surface area (Å²) in [5.41, 5.74) is 0.880. The fourth-order valence-electron chi connectivity index (χ4n) is 1.14. The van der Waals surface area contributed by atoms with Gasteiger partial charge >= 0.3 is 5.97 Å². The number of benzene rings is 1. The second-order valence-corrected chi connectivity index (χ2v) is 3.91. The van der Waals surface area contributed by atoms with Crippen LogP contribution >= 0.6 is 11.6 Å². The first-order chi connectivity index (χ1) is 7.49. The molecule has 0 fully saturated rings. The molecular formula is C11H14ClNO3. The van der Waals surface area contributed by atoms with Gasteiger partial charge in [0.05, 0.1) is 0 Å². The van der Waals surface area contributed by atoms with Crippen LogP contribution in [0, 0.1) is 6.92 Å². The maximum absolute atomic E-state index is 11.2. The number of rotatable bonds is 4. The van der Waals surface area contributed by atoms with Crippen LogP contribution < -0.4 is 4.74 Å². The molecule has 0 N–H and O–H groups in total. The van der Waals surface area contributed by atoms with Crippen molar-refractivity contribution in [3.8, 4) is 5.75 Å². The van der Waals surface area contributed by atoms with Crippen LogP contribution in [0.3, 0.4) is 0 Å². The van der Waals surface area contributed by atoms with Gasteiger partial charge < -0.3 is 9.57 Å². The third-order valence-electron chi connectivity index (χ3n) is 1.77. The van der Waals surface area contributed by atoms with E-state index in [1.165, 1.54) is 5.06 Å². The van der Waals surface area contributed by atoms with Crippen LogP contribution in [0.15, 0.2) is 18.2 Å². The zero-order valence-electron chi connectivity index (χ0n) is 9.49. The molecule has 0 spiro atoms. The lowest BCUT2D eigenvalue weighted by atomic mass is 10.2. The fraction of sp³-hybridized carbons (Fsp3) is 0.364. The van der Waals surface area contributed by atoms with E-state index < -0.39 is 5.97 Å². The number of ether oxygens (including phenoxy) is 1. The highest BCUT2D eigenvalue weighted by atomic mass is 35.5. The Balaban J connectivity index is 2.51. The van der Waals surface area contributed by atoms with E-state index in [-0.39, 0.29) is 6.61 Å². The minimum Gasteiger partial charge on any atom is -0.482 e. The van der Waals surface area contributed by atoms with Gasteiger partial charge in [-0.1, -0.05) is 11.6 Å². The molecule has 0 amide bonds. The van der Waals surface area contributed by atoms with Gasteiger partial charge in [-0.05, 0) is 30.7 Å². The van der Waals surface area contributed by atoms with Crippen molar-refractivity contribution < 1.29 is 14.4 Å². The standard InChI is InChI=1S/C11H14ClNO3/c1-8-6-9(12)4-5-10(8)15-7-11(14)16-13(2)3/h4-6H,7H2,1-3H3. The Bertz CT molecular complexity index is 379. The Morgan fingerprint density at radius 2 is 2.12 bits per heavy atom. The van der Waals surface area contributed by atoms with Crippen LogP contribution in [0.1, 0.15) is 5.56 Å². The van der Waals surface area contributed by atoms with E-state index in [1.54, 1.807) is 32.3 Å². The van der Waals surface area contributed by atoms with E-state index in [1.807, 2.05) is 6.92 Å². The van der Waals surface area contributed by atoms with Crippen molar-refractivity contribution >= 4 is 17.6 Å². The zero-order valence-corrected chi connectivity index (χ0v) is 10.2. The summed E-state index contributed by atoms with van der Waals surface area (Å²) < 4.78 is 5.29. The number of aryl methyl sites for hydroxylation is 1. The predicted molar refractivity (Wildman–Crippen MR) is 61.5 cm³/mol. The lowest BCUT2D eigenvalue weighted by Gasteiger charge is -2.11. The number of carbonyl (C=O) groups excluding carboxylic acids is 1. The second kappa shape index (κ2) is 5.72. The lowest BCUT2D eigenvalue weighted by molar-refractivity contribution is -0.180. The second-order valence-electron chi connectivity index (χ2n) is 3.47. The van der Waals surface area contributed by atoms with Crippen molar-refractivity contribution in [3.05, 3.63) is 28.8 Å². The van der Waals surface area contributed by atoms with Crippen molar-refractivity contribution in [3.63, 3.8) is 0 Å². The van der Waals surface area contributed by atoms with E-state index in [2.05, 4.69) is 0 Å². The third-order valence-corrected chi connectivity index (χ3v) is 2.00. The number of hydrogen-bond acceptors (Lipinski definition) is 4. The van der Waals surface area contributed by atoms with Gasteiger partial charge in [-0.25, -0.2) is 4.79 Å². The summed E-state index contributed by atoms with van der Waals surface area (Å²) in [6.07, 6.45) is 0. The molecule has 0 saturated carbocycles. The summed E-state index contributed by atoms with van der Waals surface area (Å²) in [5, 5.41) is 1.96. The van der Waals surface area contributed by atoms with Crippen LogP contribution in [-0.2, 0) is 9.63 Å². The highest BCUT2D eigenvalue weighted by Gasteiger charge is 2.07. The van der Waals surface area contributed by atoms with Crippen molar-refractivity contribution in [1.29, 1.82) is 0 Å². The quantitative estimate of drug-likeness (QED) is 0.759. The first kappa shape index (κ1) is 12.8. The van der Waals surface area contributed by atoms with Gasteiger partial charge in [0.2, 0.25) is 0 Å². The molecule has 4 nitrogen and oxygen atoms in total. The fourth-order valence-corrected chi connectivity index (χ4v) is 1.37. The van der Waals surface area contributed by atoms with Crippen LogP contribution in [0.5, 0.6) is 5.75 Å². The molecule has 5 heteroatoms. The number of halogens is 1. The molecule has 0 atom stereocenters. The summed E-state index contributed by atoms with van der Waals surface area (Å²) in [6.45, 7) is 1.74. The van der Waals surface area contributed by atoms with Crippen molar-refractivity contribution in [2.75, 3.05) is 20.7 Å². The SMILES string of the molecule is Cc1cc(Cl)ccc1OCC(=O)ON(C)C. The average Bonchev–Trinajstić information content (AvgIpc) is 2.15. The first-order valence-corrected chi connectivity index (χ1v) is 5.14. The van der Waals surface area contributed by atoms with Gasteiger partial charge in [0.25, 0.3) is 0 Å². The number of hydroxylamine groups is 2. The molecule has 0 aliphatic rings. The molecule has 0 bridgehead atoms. The molecule has 1 aromatic rings. The number of nitrogens with zero attached hydrogens (tertiary/aromatic N) is 1. The summed E-state index contributed by atoms with van der Waals surface area (Å²) in [4.78, 5) is 16.0. The Labute approximate surface area is 99.7 Å². The van der Waals surface area contributed by atoms with Crippen LogP contribution in [0.4, 0.5) is 0 Å². The monoisotopic (exact) mass is 243 g/mol. The molecule has 16 heavy (non-hydrogen) atoms. The van der Waals surface area contributed by atoms with Gasteiger partial charge in [0.1, 0.15) is 5.75 Å². The Hall–Kier alpha value is -1.26. The molecule has 0 aromatic heterocycles. The molecule has 0 heterocycles. The lowest BCUT2D eigenvalue weighted by Crippen LogP contribution is -2.23. The average molecular weight is 244 g/mol. The van der Waals surface area contributed by atoms with Gasteiger partial charge in [0, 0.05) is 19.1 Å². The Morgan fingerprint density at radius 1 is 1.44 bits per heavy atom. The normalized spacial score (nSPS) is 10.3. The molecule has 1 aromatic carbocycles. The minimum absolute atomic E-state index is 0.124. The zero-order chi connectivity index (χ0) is 12.1. The third kappa shape index (κ3) is 4.08. The maximum atomic E-state index is 11.2. The van der Waals surface area contributed by atoms with Crippen molar-refractivity contribution in [1.82, 2.24) is 5.06 Å². The van der Waals surface area contributed by atoms with Crippen molar-refractivity contribution in [2.45, 2.75) is 6.92 Å². The topological polar surface area (TPSA) is 38.8 Å². The van der Waals surface area contributed by atoms with Gasteiger partial charge in [-0.3, -0.25) is 0 Å².